The van der Waals surface area contributed by atoms with E-state index in [0.29, 0.717) is 16.6 Å². The van der Waals surface area contributed by atoms with E-state index in [1.165, 1.54) is 13.2 Å². The van der Waals surface area contributed by atoms with Crippen molar-refractivity contribution in [3.05, 3.63) is 28.8 Å². The Morgan fingerprint density at radius 2 is 2.24 bits per heavy atom. The summed E-state index contributed by atoms with van der Waals surface area (Å²) in [5, 5.41) is 9.55. The molecular formula is C12H12BrNO3. The minimum Gasteiger partial charge on any atom is -0.496 e. The van der Waals surface area contributed by atoms with Crippen molar-refractivity contribution in [1.29, 1.82) is 5.26 Å². The van der Waals surface area contributed by atoms with Crippen molar-refractivity contribution < 1.29 is 14.3 Å². The third-order valence-corrected chi connectivity index (χ3v) is 2.78. The van der Waals surface area contributed by atoms with Crippen LogP contribution in [0.3, 0.4) is 0 Å². The first-order valence-electron chi connectivity index (χ1n) is 5.02. The number of methoxy groups -OCH3 is 1. The topological polar surface area (TPSA) is 59.3 Å². The van der Waals surface area contributed by atoms with E-state index in [4.69, 9.17) is 14.7 Å². The molecule has 0 heterocycles. The average molecular weight is 298 g/mol. The molecule has 0 bridgehead atoms. The highest BCUT2D eigenvalue weighted by molar-refractivity contribution is 9.08. The number of nitriles is 1. The highest BCUT2D eigenvalue weighted by atomic mass is 79.9. The maximum atomic E-state index is 11.7. The van der Waals surface area contributed by atoms with Gasteiger partial charge in [-0.15, -0.1) is 0 Å². The van der Waals surface area contributed by atoms with Gasteiger partial charge in [-0.05, 0) is 19.1 Å². The van der Waals surface area contributed by atoms with Gasteiger partial charge in [0.05, 0.1) is 24.8 Å². The molecule has 0 saturated carbocycles. The van der Waals surface area contributed by atoms with Gasteiger partial charge < -0.3 is 9.47 Å². The predicted octanol–water partition coefficient (Wildman–Crippen LogP) is 2.64. The molecule has 17 heavy (non-hydrogen) atoms. The van der Waals surface area contributed by atoms with Gasteiger partial charge in [-0.25, -0.2) is 4.79 Å². The van der Waals surface area contributed by atoms with Crippen LogP contribution < -0.4 is 4.74 Å². The summed E-state index contributed by atoms with van der Waals surface area (Å²) < 4.78 is 10.0. The van der Waals surface area contributed by atoms with Crippen molar-refractivity contribution in [3.63, 3.8) is 0 Å². The maximum Gasteiger partial charge on any atom is 0.339 e. The molecule has 0 fully saturated rings. The first-order valence-corrected chi connectivity index (χ1v) is 6.14. The number of nitrogens with zero attached hydrogens (tertiary/aromatic N) is 1. The number of carbonyl (C=O) groups is 1. The van der Waals surface area contributed by atoms with Gasteiger partial charge in [0.1, 0.15) is 11.8 Å². The van der Waals surface area contributed by atoms with Gasteiger partial charge in [-0.1, -0.05) is 15.9 Å². The van der Waals surface area contributed by atoms with Crippen molar-refractivity contribution in [3.8, 4) is 11.8 Å². The number of rotatable bonds is 4. The Balaban J connectivity index is 3.29. The predicted molar refractivity (Wildman–Crippen MR) is 66.3 cm³/mol. The average Bonchev–Trinajstić information content (AvgIpc) is 2.37. The largest absolute Gasteiger partial charge is 0.496 e. The highest BCUT2D eigenvalue weighted by Gasteiger charge is 2.16. The molecule has 90 valence electrons. The smallest absolute Gasteiger partial charge is 0.339 e. The van der Waals surface area contributed by atoms with Gasteiger partial charge >= 0.3 is 5.97 Å². The lowest BCUT2D eigenvalue weighted by Crippen LogP contribution is -2.08. The lowest BCUT2D eigenvalue weighted by molar-refractivity contribution is 0.0525. The van der Waals surface area contributed by atoms with E-state index in [1.807, 2.05) is 6.07 Å². The molecule has 1 aromatic carbocycles. The van der Waals surface area contributed by atoms with Gasteiger partial charge in [0.25, 0.3) is 0 Å². The van der Waals surface area contributed by atoms with E-state index in [0.717, 1.165) is 5.56 Å². The van der Waals surface area contributed by atoms with Crippen molar-refractivity contribution in [2.45, 2.75) is 12.3 Å². The van der Waals surface area contributed by atoms with Crippen LogP contribution in [-0.2, 0) is 10.1 Å². The fourth-order valence-corrected chi connectivity index (χ4v) is 1.83. The first kappa shape index (κ1) is 13.5. The molecular weight excluding hydrogens is 286 g/mol. The molecule has 1 aromatic rings. The lowest BCUT2D eigenvalue weighted by atomic mass is 10.0. The van der Waals surface area contributed by atoms with Crippen LogP contribution in [0.15, 0.2) is 12.1 Å². The number of ether oxygens (including phenoxy) is 2. The van der Waals surface area contributed by atoms with E-state index >= 15 is 0 Å². The molecule has 0 atom stereocenters. The Labute approximate surface area is 108 Å². The van der Waals surface area contributed by atoms with Gasteiger partial charge in [-0.2, -0.15) is 5.26 Å². The summed E-state index contributed by atoms with van der Waals surface area (Å²) in [6, 6.07) is 5.14. The third-order valence-electron chi connectivity index (χ3n) is 2.18. The fourth-order valence-electron chi connectivity index (χ4n) is 1.39. The molecule has 1 rings (SSSR count). The molecule has 5 heteroatoms. The number of hydrogen-bond acceptors (Lipinski definition) is 4. The normalized spacial score (nSPS) is 9.53. The van der Waals surface area contributed by atoms with Crippen LogP contribution in [-0.4, -0.2) is 19.7 Å². The monoisotopic (exact) mass is 297 g/mol. The third kappa shape index (κ3) is 2.98. The van der Waals surface area contributed by atoms with Crippen LogP contribution in [0.5, 0.6) is 5.75 Å². The zero-order chi connectivity index (χ0) is 12.8. The molecule has 0 saturated heterocycles. The van der Waals surface area contributed by atoms with Crippen LogP contribution in [0.25, 0.3) is 0 Å². The van der Waals surface area contributed by atoms with Crippen molar-refractivity contribution >= 4 is 21.9 Å². The van der Waals surface area contributed by atoms with Gasteiger partial charge in [0, 0.05) is 10.9 Å². The molecule has 0 aliphatic rings. The van der Waals surface area contributed by atoms with Crippen LogP contribution >= 0.6 is 15.9 Å². The van der Waals surface area contributed by atoms with Gasteiger partial charge in [0.2, 0.25) is 0 Å². The second-order valence-electron chi connectivity index (χ2n) is 3.18. The van der Waals surface area contributed by atoms with Crippen molar-refractivity contribution in [2.75, 3.05) is 13.7 Å². The SMILES string of the molecule is CCOC(=O)c1cc(OC)c(CBr)cc1C#N. The molecule has 0 N–H and O–H groups in total. The minimum absolute atomic E-state index is 0.232. The van der Waals surface area contributed by atoms with Crippen LogP contribution in [0, 0.1) is 11.3 Å². The second-order valence-corrected chi connectivity index (χ2v) is 3.74. The summed E-state index contributed by atoms with van der Waals surface area (Å²) in [7, 11) is 1.52. The maximum absolute atomic E-state index is 11.7. The molecule has 0 radical (unpaired) electrons. The number of carbonyl (C=O) groups excluding carboxylic acids is 1. The number of alkyl halides is 1. The molecule has 4 nitrogen and oxygen atoms in total. The van der Waals surface area contributed by atoms with E-state index in [2.05, 4.69) is 15.9 Å². The molecule has 0 amide bonds. The zero-order valence-corrected chi connectivity index (χ0v) is 11.2. The summed E-state index contributed by atoms with van der Waals surface area (Å²) >= 11 is 3.30. The molecule has 0 unspecified atom stereocenters. The molecule has 0 aromatic heterocycles. The van der Waals surface area contributed by atoms with Gasteiger partial charge in [-0.3, -0.25) is 0 Å². The number of esters is 1. The standard InChI is InChI=1S/C12H12BrNO3/c1-3-17-12(15)10-5-11(16-2)8(6-13)4-9(10)7-14/h4-5H,3,6H2,1-2H3. The summed E-state index contributed by atoms with van der Waals surface area (Å²) in [5.74, 6) is 0.0485. The van der Waals surface area contributed by atoms with Crippen LogP contribution in [0.2, 0.25) is 0 Å². The van der Waals surface area contributed by atoms with Crippen molar-refractivity contribution in [2.24, 2.45) is 0 Å². The Hall–Kier alpha value is -1.54. The molecule has 0 spiro atoms. The molecule has 0 aliphatic heterocycles. The Kier molecular flexibility index (Phi) is 4.98. The van der Waals surface area contributed by atoms with E-state index in [-0.39, 0.29) is 12.2 Å². The first-order chi connectivity index (χ1) is 8.17. The van der Waals surface area contributed by atoms with Gasteiger partial charge in [0.15, 0.2) is 0 Å². The Morgan fingerprint density at radius 1 is 1.53 bits per heavy atom. The summed E-state index contributed by atoms with van der Waals surface area (Å²) in [4.78, 5) is 11.7. The van der Waals surface area contributed by atoms with Crippen molar-refractivity contribution in [1.82, 2.24) is 0 Å². The second kappa shape index (κ2) is 6.26. The van der Waals surface area contributed by atoms with E-state index in [1.54, 1.807) is 13.0 Å². The number of benzene rings is 1. The van der Waals surface area contributed by atoms with Crippen LogP contribution in [0.1, 0.15) is 28.4 Å². The highest BCUT2D eigenvalue weighted by Crippen LogP contribution is 2.26. The summed E-state index contributed by atoms with van der Waals surface area (Å²) in [6.45, 7) is 1.99. The molecule has 0 aliphatic carbocycles. The lowest BCUT2D eigenvalue weighted by Gasteiger charge is -2.10. The summed E-state index contributed by atoms with van der Waals surface area (Å²) in [5.41, 5.74) is 1.34. The number of hydrogen-bond donors (Lipinski definition) is 0. The Morgan fingerprint density at radius 3 is 2.71 bits per heavy atom. The van der Waals surface area contributed by atoms with E-state index < -0.39 is 5.97 Å². The fraction of sp³-hybridized carbons (Fsp3) is 0.333. The van der Waals surface area contributed by atoms with Crippen LogP contribution in [0.4, 0.5) is 0 Å². The summed E-state index contributed by atoms with van der Waals surface area (Å²) in [6.07, 6.45) is 0. The Bertz CT molecular complexity index is 466. The van der Waals surface area contributed by atoms with E-state index in [9.17, 15) is 4.79 Å². The quantitative estimate of drug-likeness (QED) is 0.633. The minimum atomic E-state index is -0.511. The zero-order valence-electron chi connectivity index (χ0n) is 9.62. The number of halogens is 1.